The number of hydrogen-bond donors (Lipinski definition) is 0. The quantitative estimate of drug-likeness (QED) is 0.238. The van der Waals surface area contributed by atoms with Gasteiger partial charge in [-0.1, -0.05) is 41.5 Å². The van der Waals surface area contributed by atoms with Crippen LogP contribution in [0.2, 0.25) is 0 Å². The molecule has 0 fully saturated rings. The van der Waals surface area contributed by atoms with Gasteiger partial charge in [-0.3, -0.25) is 9.36 Å². The van der Waals surface area contributed by atoms with Gasteiger partial charge in [-0.2, -0.15) is 57.7 Å². The van der Waals surface area contributed by atoms with Gasteiger partial charge in [0.1, 0.15) is 0 Å². The topological polar surface area (TPSA) is 35.6 Å². The summed E-state index contributed by atoms with van der Waals surface area (Å²) in [6.07, 6.45) is 4.01. The van der Waals surface area contributed by atoms with Crippen molar-refractivity contribution in [2.75, 3.05) is 0 Å². The van der Waals surface area contributed by atoms with Crippen LogP contribution in [0.1, 0.15) is 77.9 Å². The summed E-state index contributed by atoms with van der Waals surface area (Å²) in [5, 5.41) is 9.82. The molecule has 0 radical (unpaired) electrons. The molecule has 4 aromatic rings. The molecular formula is C29H34N4Pt. The number of benzene rings is 2. The van der Waals surface area contributed by atoms with Crippen molar-refractivity contribution >= 4 is 0 Å². The molecule has 2 aromatic carbocycles. The van der Waals surface area contributed by atoms with E-state index in [1.54, 1.807) is 0 Å². The van der Waals surface area contributed by atoms with Gasteiger partial charge in [0.2, 0.25) is 0 Å². The van der Waals surface area contributed by atoms with E-state index < -0.39 is 0 Å². The third-order valence-corrected chi connectivity index (χ3v) is 6.26. The van der Waals surface area contributed by atoms with Crippen LogP contribution in [0, 0.1) is 12.1 Å². The molecule has 34 heavy (non-hydrogen) atoms. The Morgan fingerprint density at radius 2 is 1.00 bits per heavy atom. The Balaban J connectivity index is 0.00000324. The molecule has 0 unspecified atom stereocenters. The zero-order valence-electron chi connectivity index (χ0n) is 21.4. The maximum atomic E-state index is 4.91. The first-order valence-electron chi connectivity index (χ1n) is 11.5. The minimum Gasteiger partial charge on any atom is -0.265 e. The average molecular weight is 634 g/mol. The molecule has 0 saturated carbocycles. The molecule has 0 saturated heterocycles. The third-order valence-electron chi connectivity index (χ3n) is 6.26. The van der Waals surface area contributed by atoms with Crippen LogP contribution in [0.15, 0.2) is 60.9 Å². The normalized spacial score (nSPS) is 12.5. The molecule has 0 amide bonds. The van der Waals surface area contributed by atoms with Crippen molar-refractivity contribution in [3.05, 3.63) is 95.6 Å². The van der Waals surface area contributed by atoms with Crippen LogP contribution in [-0.2, 0) is 37.3 Å². The number of rotatable bonds is 4. The first kappa shape index (κ1) is 26.2. The van der Waals surface area contributed by atoms with Crippen LogP contribution in [0.5, 0.6) is 0 Å². The van der Waals surface area contributed by atoms with Gasteiger partial charge in [-0.05, 0) is 48.2 Å². The number of aromatic nitrogens is 4. The van der Waals surface area contributed by atoms with Crippen LogP contribution < -0.4 is 0 Å². The van der Waals surface area contributed by atoms with Crippen molar-refractivity contribution in [2.24, 2.45) is 0 Å². The van der Waals surface area contributed by atoms with Crippen molar-refractivity contribution < 1.29 is 21.1 Å². The molecule has 4 nitrogen and oxygen atoms in total. The summed E-state index contributed by atoms with van der Waals surface area (Å²) in [5.74, 6) is 0. The molecule has 0 spiro atoms. The van der Waals surface area contributed by atoms with Gasteiger partial charge in [0, 0.05) is 12.4 Å². The predicted molar refractivity (Wildman–Crippen MR) is 134 cm³/mol. The summed E-state index contributed by atoms with van der Waals surface area (Å²) in [5.41, 5.74) is 6.16. The van der Waals surface area contributed by atoms with Gasteiger partial charge < -0.3 is 0 Å². The second-order valence-corrected chi connectivity index (χ2v) is 11.3. The van der Waals surface area contributed by atoms with E-state index in [-0.39, 0.29) is 37.3 Å². The molecule has 0 aliphatic rings. The molecule has 0 atom stereocenters. The molecule has 180 valence electrons. The molecule has 0 aliphatic carbocycles. The van der Waals surface area contributed by atoms with Crippen molar-refractivity contribution in [3.63, 3.8) is 0 Å². The second-order valence-electron chi connectivity index (χ2n) is 11.3. The van der Waals surface area contributed by atoms with E-state index >= 15 is 0 Å². The minimum atomic E-state index is -0.347. The van der Waals surface area contributed by atoms with E-state index in [1.807, 2.05) is 33.9 Å². The Kier molecular flexibility index (Phi) is 7.16. The standard InChI is InChI=1S/C29H34N4.Pt/c1-27(2,3)21-11-9-13-23(19-21)32-17-15-25(30-32)29(7,8)26-16-18-33(31-26)24-14-10-12-22(20-24)28(4,5)6;/h9-12,15-20H,1-8H3;/q-2;+2. The van der Waals surface area contributed by atoms with Gasteiger partial charge in [0.25, 0.3) is 0 Å². The van der Waals surface area contributed by atoms with Gasteiger partial charge in [0.05, 0.1) is 16.8 Å². The maximum absolute atomic E-state index is 4.91. The van der Waals surface area contributed by atoms with Crippen molar-refractivity contribution in [1.82, 2.24) is 19.6 Å². The first-order chi connectivity index (χ1) is 15.4. The molecule has 2 heterocycles. The largest absolute Gasteiger partial charge is 2.00 e. The molecule has 0 bridgehead atoms. The predicted octanol–water partition coefficient (Wildman–Crippen LogP) is 6.58. The molecule has 4 rings (SSSR count). The van der Waals surface area contributed by atoms with E-state index in [4.69, 9.17) is 10.2 Å². The van der Waals surface area contributed by atoms with Gasteiger partial charge >= 0.3 is 21.1 Å². The Hall–Kier alpha value is -2.45. The SMILES string of the molecule is CC(C)(C)c1cc[c-]c(-n2ccc(C(C)(C)c3ccn(-c4[c-]ccc(C(C)(C)C)c4)n3)n2)c1.[Pt+2]. The van der Waals surface area contributed by atoms with Crippen LogP contribution >= 0.6 is 0 Å². The van der Waals surface area contributed by atoms with E-state index in [0.29, 0.717) is 0 Å². The fraction of sp³-hybridized carbons (Fsp3) is 0.379. The summed E-state index contributed by atoms with van der Waals surface area (Å²) in [7, 11) is 0. The summed E-state index contributed by atoms with van der Waals surface area (Å²) in [6, 6.07) is 23.3. The second kappa shape index (κ2) is 9.30. The van der Waals surface area contributed by atoms with Crippen LogP contribution in [0.4, 0.5) is 0 Å². The fourth-order valence-electron chi connectivity index (χ4n) is 3.82. The maximum Gasteiger partial charge on any atom is 2.00 e. The van der Waals surface area contributed by atoms with Crippen molar-refractivity contribution in [3.8, 4) is 11.4 Å². The molecule has 2 aromatic heterocycles. The van der Waals surface area contributed by atoms with Gasteiger partial charge in [-0.15, -0.1) is 12.1 Å². The summed E-state index contributed by atoms with van der Waals surface area (Å²) in [6.45, 7) is 17.6. The Morgan fingerprint density at radius 3 is 1.35 bits per heavy atom. The fourth-order valence-corrected chi connectivity index (χ4v) is 3.82. The zero-order chi connectivity index (χ0) is 24.0. The van der Waals surface area contributed by atoms with E-state index in [9.17, 15) is 0 Å². The molecule has 0 N–H and O–H groups in total. The van der Waals surface area contributed by atoms with Gasteiger partial charge in [-0.25, -0.2) is 0 Å². The van der Waals surface area contributed by atoms with E-state index in [1.165, 1.54) is 11.1 Å². The number of nitrogens with zero attached hydrogens (tertiary/aromatic N) is 4. The average Bonchev–Trinajstić information content (AvgIpc) is 3.44. The van der Waals surface area contributed by atoms with E-state index in [0.717, 1.165) is 22.8 Å². The van der Waals surface area contributed by atoms with Crippen LogP contribution in [-0.4, -0.2) is 19.6 Å². The summed E-state index contributed by atoms with van der Waals surface area (Å²) < 4.78 is 3.81. The van der Waals surface area contributed by atoms with Crippen LogP contribution in [0.25, 0.3) is 11.4 Å². The number of hydrogen-bond acceptors (Lipinski definition) is 2. The van der Waals surface area contributed by atoms with Crippen molar-refractivity contribution in [1.29, 1.82) is 0 Å². The van der Waals surface area contributed by atoms with Crippen LogP contribution in [0.3, 0.4) is 0 Å². The smallest absolute Gasteiger partial charge is 0.265 e. The summed E-state index contributed by atoms with van der Waals surface area (Å²) in [4.78, 5) is 0. The minimum absolute atomic E-state index is 0. The Labute approximate surface area is 218 Å². The molecule has 5 heteroatoms. The van der Waals surface area contributed by atoms with Gasteiger partial charge in [0.15, 0.2) is 0 Å². The molecule has 0 aliphatic heterocycles. The van der Waals surface area contributed by atoms with Crippen molar-refractivity contribution in [2.45, 2.75) is 71.6 Å². The summed E-state index contributed by atoms with van der Waals surface area (Å²) >= 11 is 0. The first-order valence-corrected chi connectivity index (χ1v) is 11.5. The molecular weight excluding hydrogens is 599 g/mol. The third kappa shape index (κ3) is 5.28. The Bertz CT molecular complexity index is 1170. The Morgan fingerprint density at radius 1 is 0.618 bits per heavy atom. The monoisotopic (exact) mass is 633 g/mol. The van der Waals surface area contributed by atoms with E-state index in [2.05, 4.69) is 104 Å². The zero-order valence-corrected chi connectivity index (χ0v) is 23.7.